The van der Waals surface area contributed by atoms with E-state index in [1.807, 2.05) is 12.1 Å². The van der Waals surface area contributed by atoms with Crippen LogP contribution in [-0.2, 0) is 6.42 Å². The van der Waals surface area contributed by atoms with Crippen molar-refractivity contribution in [2.75, 3.05) is 27.3 Å². The SMILES string of the molecule is COc1ccc(OC)c(CC2CCCNC2)c1Br. The molecule has 100 valence electrons. The van der Waals surface area contributed by atoms with Crippen LogP contribution in [0.3, 0.4) is 0 Å². The number of methoxy groups -OCH3 is 2. The first-order valence-electron chi connectivity index (χ1n) is 6.36. The van der Waals surface area contributed by atoms with Gasteiger partial charge in [-0.1, -0.05) is 0 Å². The number of nitrogens with one attached hydrogen (secondary N) is 1. The highest BCUT2D eigenvalue weighted by molar-refractivity contribution is 9.10. The molecule has 1 saturated heterocycles. The highest BCUT2D eigenvalue weighted by atomic mass is 79.9. The minimum absolute atomic E-state index is 0.677. The lowest BCUT2D eigenvalue weighted by atomic mass is 9.92. The van der Waals surface area contributed by atoms with Gasteiger partial charge in [-0.15, -0.1) is 0 Å². The molecular formula is C14H20BrNO2. The normalized spacial score (nSPS) is 19.6. The second-order valence-electron chi connectivity index (χ2n) is 4.68. The van der Waals surface area contributed by atoms with Crippen molar-refractivity contribution in [3.05, 3.63) is 22.2 Å². The summed E-state index contributed by atoms with van der Waals surface area (Å²) in [5.41, 5.74) is 1.21. The summed E-state index contributed by atoms with van der Waals surface area (Å²) >= 11 is 3.63. The van der Waals surface area contributed by atoms with Gasteiger partial charge in [0.1, 0.15) is 11.5 Å². The lowest BCUT2D eigenvalue weighted by Gasteiger charge is -2.24. The van der Waals surface area contributed by atoms with Gasteiger partial charge in [0.15, 0.2) is 0 Å². The Morgan fingerprint density at radius 2 is 2.00 bits per heavy atom. The molecule has 0 spiro atoms. The van der Waals surface area contributed by atoms with Gasteiger partial charge in [0, 0.05) is 5.56 Å². The van der Waals surface area contributed by atoms with Crippen molar-refractivity contribution in [2.45, 2.75) is 19.3 Å². The van der Waals surface area contributed by atoms with Crippen molar-refractivity contribution < 1.29 is 9.47 Å². The molecule has 1 aromatic rings. The second-order valence-corrected chi connectivity index (χ2v) is 5.47. The third kappa shape index (κ3) is 2.98. The molecule has 0 saturated carbocycles. The van der Waals surface area contributed by atoms with Crippen molar-refractivity contribution in [2.24, 2.45) is 5.92 Å². The van der Waals surface area contributed by atoms with Gasteiger partial charge >= 0.3 is 0 Å². The Morgan fingerprint density at radius 3 is 2.61 bits per heavy atom. The maximum Gasteiger partial charge on any atom is 0.133 e. The van der Waals surface area contributed by atoms with Gasteiger partial charge in [-0.3, -0.25) is 0 Å². The van der Waals surface area contributed by atoms with E-state index in [1.165, 1.54) is 18.4 Å². The number of piperidine rings is 1. The zero-order chi connectivity index (χ0) is 13.0. The van der Waals surface area contributed by atoms with Crippen LogP contribution in [0.4, 0.5) is 0 Å². The zero-order valence-corrected chi connectivity index (χ0v) is 12.5. The van der Waals surface area contributed by atoms with Gasteiger partial charge in [0.2, 0.25) is 0 Å². The first kappa shape index (κ1) is 13.7. The molecule has 1 aliphatic heterocycles. The maximum absolute atomic E-state index is 5.46. The van der Waals surface area contributed by atoms with E-state index in [9.17, 15) is 0 Å². The molecule has 2 rings (SSSR count). The van der Waals surface area contributed by atoms with E-state index < -0.39 is 0 Å². The first-order valence-corrected chi connectivity index (χ1v) is 7.15. The summed E-state index contributed by atoms with van der Waals surface area (Å²) in [6.07, 6.45) is 3.56. The van der Waals surface area contributed by atoms with Crippen molar-refractivity contribution in [1.82, 2.24) is 5.32 Å². The third-order valence-electron chi connectivity index (χ3n) is 3.50. The highest BCUT2D eigenvalue weighted by Crippen LogP contribution is 2.37. The Morgan fingerprint density at radius 1 is 1.28 bits per heavy atom. The molecule has 1 aliphatic rings. The van der Waals surface area contributed by atoms with Gasteiger partial charge in [0.05, 0.1) is 18.7 Å². The fraction of sp³-hybridized carbons (Fsp3) is 0.571. The second kappa shape index (κ2) is 6.43. The van der Waals surface area contributed by atoms with E-state index in [2.05, 4.69) is 21.2 Å². The Balaban J connectivity index is 2.23. The summed E-state index contributed by atoms with van der Waals surface area (Å²) in [5.74, 6) is 2.49. The number of benzene rings is 1. The van der Waals surface area contributed by atoms with Crippen LogP contribution in [0.15, 0.2) is 16.6 Å². The number of hydrogen-bond acceptors (Lipinski definition) is 3. The van der Waals surface area contributed by atoms with E-state index in [4.69, 9.17) is 9.47 Å². The third-order valence-corrected chi connectivity index (χ3v) is 4.37. The molecule has 18 heavy (non-hydrogen) atoms. The van der Waals surface area contributed by atoms with Gasteiger partial charge in [0.25, 0.3) is 0 Å². The van der Waals surface area contributed by atoms with Crippen LogP contribution in [0.2, 0.25) is 0 Å². The zero-order valence-electron chi connectivity index (χ0n) is 11.0. The van der Waals surface area contributed by atoms with Crippen LogP contribution in [0.5, 0.6) is 11.5 Å². The molecule has 1 heterocycles. The Kier molecular flexibility index (Phi) is 4.89. The predicted molar refractivity (Wildman–Crippen MR) is 76.5 cm³/mol. The van der Waals surface area contributed by atoms with Gasteiger partial charge in [-0.25, -0.2) is 0 Å². The van der Waals surface area contributed by atoms with Crippen molar-refractivity contribution in [3.63, 3.8) is 0 Å². The molecule has 0 amide bonds. The van der Waals surface area contributed by atoms with Crippen LogP contribution < -0.4 is 14.8 Å². The van der Waals surface area contributed by atoms with E-state index in [0.717, 1.165) is 35.5 Å². The Labute approximate surface area is 117 Å². The molecular weight excluding hydrogens is 294 g/mol. The summed E-state index contributed by atoms with van der Waals surface area (Å²) in [5, 5.41) is 3.45. The average Bonchev–Trinajstić information content (AvgIpc) is 2.42. The molecule has 4 heteroatoms. The van der Waals surface area contributed by atoms with Crippen molar-refractivity contribution >= 4 is 15.9 Å². The predicted octanol–water partition coefficient (Wildman–Crippen LogP) is 3.01. The minimum Gasteiger partial charge on any atom is -0.496 e. The molecule has 1 N–H and O–H groups in total. The fourth-order valence-electron chi connectivity index (χ4n) is 2.51. The number of halogens is 1. The van der Waals surface area contributed by atoms with Crippen molar-refractivity contribution in [1.29, 1.82) is 0 Å². The summed E-state index contributed by atoms with van der Waals surface area (Å²) < 4.78 is 11.8. The van der Waals surface area contributed by atoms with Crippen LogP contribution in [0.1, 0.15) is 18.4 Å². The van der Waals surface area contributed by atoms with Gasteiger partial charge in [-0.2, -0.15) is 0 Å². The quantitative estimate of drug-likeness (QED) is 0.927. The molecule has 1 atom stereocenters. The molecule has 1 aromatic carbocycles. The largest absolute Gasteiger partial charge is 0.496 e. The maximum atomic E-state index is 5.46. The van der Waals surface area contributed by atoms with Gasteiger partial charge < -0.3 is 14.8 Å². The smallest absolute Gasteiger partial charge is 0.133 e. The first-order chi connectivity index (χ1) is 8.76. The number of rotatable bonds is 4. The number of hydrogen-bond donors (Lipinski definition) is 1. The monoisotopic (exact) mass is 313 g/mol. The lowest BCUT2D eigenvalue weighted by Crippen LogP contribution is -2.31. The highest BCUT2D eigenvalue weighted by Gasteiger charge is 2.19. The standard InChI is InChI=1S/C14H20BrNO2/c1-17-12-5-6-13(18-2)14(15)11(12)8-10-4-3-7-16-9-10/h5-6,10,16H,3-4,7-9H2,1-2H3. The molecule has 1 fully saturated rings. The van der Waals surface area contributed by atoms with Gasteiger partial charge in [-0.05, 0) is 66.3 Å². The molecule has 0 aromatic heterocycles. The summed E-state index contributed by atoms with van der Waals surface area (Å²) in [6, 6.07) is 3.92. The molecule has 3 nitrogen and oxygen atoms in total. The van der Waals surface area contributed by atoms with E-state index in [0.29, 0.717) is 5.92 Å². The topological polar surface area (TPSA) is 30.5 Å². The fourth-order valence-corrected chi connectivity index (χ4v) is 3.16. The summed E-state index contributed by atoms with van der Waals surface area (Å²) in [6.45, 7) is 2.24. The molecule has 0 bridgehead atoms. The van der Waals surface area contributed by atoms with E-state index in [-0.39, 0.29) is 0 Å². The number of ether oxygens (including phenoxy) is 2. The van der Waals surface area contributed by atoms with E-state index >= 15 is 0 Å². The van der Waals surface area contributed by atoms with Crippen molar-refractivity contribution in [3.8, 4) is 11.5 Å². The van der Waals surface area contributed by atoms with Crippen LogP contribution in [0.25, 0.3) is 0 Å². The van der Waals surface area contributed by atoms with Crippen LogP contribution in [-0.4, -0.2) is 27.3 Å². The lowest BCUT2D eigenvalue weighted by molar-refractivity contribution is 0.360. The van der Waals surface area contributed by atoms with E-state index in [1.54, 1.807) is 14.2 Å². The average molecular weight is 314 g/mol. The minimum atomic E-state index is 0.677. The summed E-state index contributed by atoms with van der Waals surface area (Å²) in [4.78, 5) is 0. The Bertz CT molecular complexity index is 403. The Hall–Kier alpha value is -0.740. The van der Waals surface area contributed by atoms with Crippen LogP contribution in [0, 0.1) is 5.92 Å². The summed E-state index contributed by atoms with van der Waals surface area (Å²) in [7, 11) is 3.41. The molecule has 0 aliphatic carbocycles. The molecule has 1 unspecified atom stereocenters. The molecule has 0 radical (unpaired) electrons. The van der Waals surface area contributed by atoms with Crippen LogP contribution >= 0.6 is 15.9 Å².